The molecule has 0 aliphatic carbocycles. The second-order valence-electron chi connectivity index (χ2n) is 0.750. The minimum absolute atomic E-state index is 0. The Balaban J connectivity index is -0.0000000800. The molecule has 2 radical (unpaired) electrons. The molecule has 0 aliphatic rings. The molecule has 1 N–H and O–H groups in total. The van der Waals surface area contributed by atoms with Gasteiger partial charge in [-0.3, -0.25) is 0 Å². The molecule has 1 nitrogen and oxygen atoms in total. The third-order valence-corrected chi connectivity index (χ3v) is 0.354. The largest absolute Gasteiger partial charge is 0.376 e. The minimum atomic E-state index is 0. The first-order valence-electron chi connectivity index (χ1n) is 1.71. The van der Waals surface area contributed by atoms with E-state index in [1.165, 1.54) is 0 Å². The summed E-state index contributed by atoms with van der Waals surface area (Å²) in [5.74, 6) is 0. The number of nitrogens with one attached hydrogen (secondary N) is 1. The van der Waals surface area contributed by atoms with Crippen LogP contribution in [0, 0.1) is 13.8 Å². The molecular formula is C4H9NY2-2. The van der Waals surface area contributed by atoms with E-state index in [-0.39, 0.29) is 65.4 Å². The van der Waals surface area contributed by atoms with Crippen LogP contribution >= 0.6 is 0 Å². The Kier molecular flexibility index (Phi) is 36.1. The Hall–Kier alpha value is 2.17. The standard InChI is InChI=1S/C4H9N.2Y/c1-3-5-4-2;;/h5H,1-4H2;;/q-2;;. The number of hydrogen-bond donors (Lipinski definition) is 1. The van der Waals surface area contributed by atoms with Gasteiger partial charge >= 0.3 is 0 Å². The summed E-state index contributed by atoms with van der Waals surface area (Å²) in [6.45, 7) is 8.61. The molecule has 0 heterocycles. The van der Waals surface area contributed by atoms with E-state index in [0.717, 1.165) is 13.1 Å². The normalized spacial score (nSPS) is 6.00. The van der Waals surface area contributed by atoms with E-state index in [2.05, 4.69) is 19.2 Å². The van der Waals surface area contributed by atoms with Crippen molar-refractivity contribution in [1.82, 2.24) is 5.32 Å². The molecule has 0 amide bonds. The van der Waals surface area contributed by atoms with Crippen LogP contribution in [0.25, 0.3) is 0 Å². The zero-order chi connectivity index (χ0) is 4.12. The van der Waals surface area contributed by atoms with Crippen molar-refractivity contribution in [2.24, 2.45) is 0 Å². The summed E-state index contributed by atoms with van der Waals surface area (Å²) >= 11 is 0. The summed E-state index contributed by atoms with van der Waals surface area (Å²) in [5, 5.41) is 2.89. The predicted molar refractivity (Wildman–Crippen MR) is 23.6 cm³/mol. The van der Waals surface area contributed by atoms with Gasteiger partial charge in [-0.05, 0) is 0 Å². The van der Waals surface area contributed by atoms with E-state index in [0.29, 0.717) is 0 Å². The van der Waals surface area contributed by atoms with Gasteiger partial charge in [0.1, 0.15) is 0 Å². The van der Waals surface area contributed by atoms with Gasteiger partial charge in [0.25, 0.3) is 0 Å². The second kappa shape index (κ2) is 15.7. The van der Waals surface area contributed by atoms with E-state index in [1.807, 2.05) is 0 Å². The number of hydrogen-bond acceptors (Lipinski definition) is 1. The molecule has 0 saturated carbocycles. The molecule has 0 rings (SSSR count). The van der Waals surface area contributed by atoms with E-state index in [9.17, 15) is 0 Å². The summed E-state index contributed by atoms with van der Waals surface area (Å²) in [4.78, 5) is 0. The molecule has 0 saturated heterocycles. The third-order valence-electron chi connectivity index (χ3n) is 0.354. The third kappa shape index (κ3) is 17.9. The van der Waals surface area contributed by atoms with Gasteiger partial charge in [0, 0.05) is 65.4 Å². The molecule has 7 heavy (non-hydrogen) atoms. The van der Waals surface area contributed by atoms with Gasteiger partial charge in [0.2, 0.25) is 0 Å². The van der Waals surface area contributed by atoms with Crippen LogP contribution < -0.4 is 5.32 Å². The zero-order valence-corrected chi connectivity index (χ0v) is 10.2. The first-order valence-corrected chi connectivity index (χ1v) is 1.71. The van der Waals surface area contributed by atoms with Crippen molar-refractivity contribution in [3.63, 3.8) is 0 Å². The number of rotatable bonds is 2. The molecule has 0 aromatic carbocycles. The van der Waals surface area contributed by atoms with Gasteiger partial charge in [-0.15, -0.1) is 13.1 Å². The maximum absolute atomic E-state index is 3.52. The summed E-state index contributed by atoms with van der Waals surface area (Å²) < 4.78 is 0. The van der Waals surface area contributed by atoms with Gasteiger partial charge in [0.15, 0.2) is 0 Å². The smallest absolute Gasteiger partial charge is 0 e. The maximum atomic E-state index is 3.52. The van der Waals surface area contributed by atoms with Crippen molar-refractivity contribution in [2.45, 2.75) is 0 Å². The average Bonchev–Trinajstić information content (AvgIpc) is 1.41. The van der Waals surface area contributed by atoms with Gasteiger partial charge < -0.3 is 19.2 Å². The van der Waals surface area contributed by atoms with Crippen LogP contribution in [0.2, 0.25) is 0 Å². The maximum Gasteiger partial charge on any atom is 0 e. The van der Waals surface area contributed by atoms with Crippen molar-refractivity contribution in [1.29, 1.82) is 0 Å². The minimum Gasteiger partial charge on any atom is -0.376 e. The van der Waals surface area contributed by atoms with Crippen molar-refractivity contribution in [3.8, 4) is 0 Å². The predicted octanol–water partition coefficient (Wildman–Crippen LogP) is 0.239. The van der Waals surface area contributed by atoms with Crippen LogP contribution in [0.4, 0.5) is 0 Å². The molecule has 0 atom stereocenters. The molecule has 3 heteroatoms. The Morgan fingerprint density at radius 3 is 1.29 bits per heavy atom. The zero-order valence-electron chi connectivity index (χ0n) is 4.48. The molecule has 0 aliphatic heterocycles. The van der Waals surface area contributed by atoms with Crippen LogP contribution in [0.5, 0.6) is 0 Å². The fourth-order valence-electron chi connectivity index (χ4n) is 0.125. The molecule has 0 bridgehead atoms. The summed E-state index contributed by atoms with van der Waals surface area (Å²) in [6.07, 6.45) is 0. The van der Waals surface area contributed by atoms with Crippen molar-refractivity contribution in [2.75, 3.05) is 13.1 Å². The molecule has 0 fully saturated rings. The molecule has 0 spiro atoms. The Morgan fingerprint density at radius 1 is 1.00 bits per heavy atom. The first-order chi connectivity index (χ1) is 2.41. The van der Waals surface area contributed by atoms with Gasteiger partial charge in [0.05, 0.1) is 0 Å². The van der Waals surface area contributed by atoms with Crippen LogP contribution in [0.1, 0.15) is 0 Å². The SMILES string of the molecule is [CH2-]CNC[CH2-].[Y].[Y]. The topological polar surface area (TPSA) is 12.0 Å². The first kappa shape index (κ1) is 16.1. The van der Waals surface area contributed by atoms with E-state index in [4.69, 9.17) is 0 Å². The Bertz CT molecular complexity index is 17.2. The summed E-state index contributed by atoms with van der Waals surface area (Å²) in [6, 6.07) is 0. The molecule has 0 aromatic heterocycles. The fraction of sp³-hybridized carbons (Fsp3) is 0.500. The Morgan fingerprint density at radius 2 is 1.29 bits per heavy atom. The van der Waals surface area contributed by atoms with E-state index >= 15 is 0 Å². The van der Waals surface area contributed by atoms with Crippen LogP contribution in [-0.2, 0) is 65.4 Å². The molecule has 38 valence electrons. The summed E-state index contributed by atoms with van der Waals surface area (Å²) in [5.41, 5.74) is 0. The second-order valence-corrected chi connectivity index (χ2v) is 0.750. The van der Waals surface area contributed by atoms with Crippen molar-refractivity contribution >= 4 is 0 Å². The molecular weight excluding hydrogens is 240 g/mol. The van der Waals surface area contributed by atoms with Crippen LogP contribution in [0.15, 0.2) is 0 Å². The fourth-order valence-corrected chi connectivity index (χ4v) is 0.125. The van der Waals surface area contributed by atoms with Crippen LogP contribution in [-0.4, -0.2) is 13.1 Å². The quantitative estimate of drug-likeness (QED) is 0.691. The monoisotopic (exact) mass is 249 g/mol. The Labute approximate surface area is 96.2 Å². The molecule has 0 aromatic rings. The summed E-state index contributed by atoms with van der Waals surface area (Å²) in [7, 11) is 0. The van der Waals surface area contributed by atoms with Crippen molar-refractivity contribution in [3.05, 3.63) is 13.8 Å². The van der Waals surface area contributed by atoms with Crippen LogP contribution in [0.3, 0.4) is 0 Å². The van der Waals surface area contributed by atoms with Gasteiger partial charge in [-0.1, -0.05) is 0 Å². The van der Waals surface area contributed by atoms with E-state index in [1.54, 1.807) is 0 Å². The average molecular weight is 249 g/mol. The van der Waals surface area contributed by atoms with Gasteiger partial charge in [-0.2, -0.15) is 0 Å². The molecule has 0 unspecified atom stereocenters. The van der Waals surface area contributed by atoms with Crippen molar-refractivity contribution < 1.29 is 65.4 Å². The van der Waals surface area contributed by atoms with Gasteiger partial charge in [-0.25, -0.2) is 0 Å². The van der Waals surface area contributed by atoms with E-state index < -0.39 is 0 Å².